The summed E-state index contributed by atoms with van der Waals surface area (Å²) in [6.07, 6.45) is 1.75. The van der Waals surface area contributed by atoms with Crippen molar-refractivity contribution in [2.45, 2.75) is 13.0 Å². The lowest BCUT2D eigenvalue weighted by Crippen LogP contribution is -2.29. The molecule has 0 saturated carbocycles. The maximum Gasteiger partial charge on any atom is 0.270 e. The number of carbonyl (C=O) groups excluding carboxylic acids is 1. The van der Waals surface area contributed by atoms with Crippen LogP contribution in [-0.2, 0) is 0 Å². The molecule has 1 amide bonds. The van der Waals surface area contributed by atoms with Gasteiger partial charge in [0.05, 0.1) is 11.6 Å². The number of carbonyl (C=O) groups is 1. The van der Waals surface area contributed by atoms with Crippen LogP contribution in [-0.4, -0.2) is 10.5 Å². The van der Waals surface area contributed by atoms with E-state index in [9.17, 15) is 10.1 Å². The van der Waals surface area contributed by atoms with Gasteiger partial charge in [-0.3, -0.25) is 4.79 Å². The molecule has 24 heavy (non-hydrogen) atoms. The van der Waals surface area contributed by atoms with Crippen molar-refractivity contribution in [3.05, 3.63) is 89.7 Å². The second kappa shape index (κ2) is 6.84. The minimum atomic E-state index is -0.267. The molecule has 4 heteroatoms. The number of nitrogens with one attached hydrogen (secondary N) is 1. The van der Waals surface area contributed by atoms with Crippen molar-refractivity contribution in [3.63, 3.8) is 0 Å². The molecular weight excluding hydrogens is 298 g/mol. The summed E-state index contributed by atoms with van der Waals surface area (Å²) in [5.74, 6) is -0.267. The molecule has 0 spiro atoms. The lowest BCUT2D eigenvalue weighted by Gasteiger charge is -2.16. The van der Waals surface area contributed by atoms with Crippen LogP contribution < -0.4 is 5.32 Å². The van der Waals surface area contributed by atoms with Gasteiger partial charge >= 0.3 is 0 Å². The fourth-order valence-corrected chi connectivity index (χ4v) is 2.65. The molecule has 0 aliphatic rings. The summed E-state index contributed by atoms with van der Waals surface area (Å²) in [6, 6.07) is 22.9. The third kappa shape index (κ3) is 3.06. The Morgan fingerprint density at radius 3 is 2.29 bits per heavy atom. The number of nitriles is 1. The van der Waals surface area contributed by atoms with E-state index in [0.717, 1.165) is 11.3 Å². The van der Waals surface area contributed by atoms with Gasteiger partial charge in [0.15, 0.2) is 0 Å². The van der Waals surface area contributed by atoms with Crippen molar-refractivity contribution in [1.82, 2.24) is 9.88 Å². The van der Waals surface area contributed by atoms with Crippen molar-refractivity contribution < 1.29 is 4.79 Å². The molecule has 3 rings (SSSR count). The average Bonchev–Trinajstić information content (AvgIpc) is 3.07. The first-order chi connectivity index (χ1) is 11.7. The Bertz CT molecular complexity index is 876. The van der Waals surface area contributed by atoms with E-state index in [1.54, 1.807) is 16.8 Å². The molecule has 1 N–H and O–H groups in total. The van der Waals surface area contributed by atoms with Gasteiger partial charge in [0.25, 0.3) is 5.91 Å². The number of nitrogens with zero attached hydrogens (tertiary/aromatic N) is 2. The highest BCUT2D eigenvalue weighted by Crippen LogP contribution is 2.19. The van der Waals surface area contributed by atoms with Crippen molar-refractivity contribution in [2.75, 3.05) is 0 Å². The molecule has 1 atom stereocenters. The van der Waals surface area contributed by atoms with E-state index < -0.39 is 0 Å². The molecule has 0 radical (unpaired) electrons. The van der Waals surface area contributed by atoms with Crippen molar-refractivity contribution in [3.8, 4) is 11.8 Å². The summed E-state index contributed by atoms with van der Waals surface area (Å²) in [7, 11) is 0. The van der Waals surface area contributed by atoms with E-state index in [2.05, 4.69) is 11.4 Å². The van der Waals surface area contributed by atoms with Gasteiger partial charge in [0.2, 0.25) is 0 Å². The van der Waals surface area contributed by atoms with Gasteiger partial charge in [-0.05, 0) is 30.7 Å². The minimum Gasteiger partial charge on any atom is -0.344 e. The predicted octanol–water partition coefficient (Wildman–Crippen LogP) is 3.84. The molecular formula is C20H17N3O. The minimum absolute atomic E-state index is 0.149. The first-order valence-electron chi connectivity index (χ1n) is 7.73. The number of benzene rings is 2. The molecule has 1 heterocycles. The number of amides is 1. The van der Waals surface area contributed by atoms with Gasteiger partial charge in [-0.2, -0.15) is 5.26 Å². The Hall–Kier alpha value is -3.32. The highest BCUT2D eigenvalue weighted by atomic mass is 16.2. The third-order valence-corrected chi connectivity index (χ3v) is 3.90. The zero-order valence-electron chi connectivity index (χ0n) is 13.3. The fourth-order valence-electron chi connectivity index (χ4n) is 2.65. The van der Waals surface area contributed by atoms with Gasteiger partial charge in [-0.25, -0.2) is 0 Å². The number of hydrogen-bond acceptors (Lipinski definition) is 2. The summed E-state index contributed by atoms with van der Waals surface area (Å²) in [6.45, 7) is 1.93. The molecule has 0 aliphatic heterocycles. The zero-order valence-corrected chi connectivity index (χ0v) is 13.3. The molecule has 0 unspecified atom stereocenters. The van der Waals surface area contributed by atoms with Crippen LogP contribution in [0.3, 0.4) is 0 Å². The largest absolute Gasteiger partial charge is 0.344 e. The van der Waals surface area contributed by atoms with E-state index in [0.29, 0.717) is 11.3 Å². The van der Waals surface area contributed by atoms with Gasteiger partial charge in [0.1, 0.15) is 11.8 Å². The van der Waals surface area contributed by atoms with Gasteiger partial charge in [-0.15, -0.1) is 0 Å². The smallest absolute Gasteiger partial charge is 0.270 e. The van der Waals surface area contributed by atoms with E-state index in [4.69, 9.17) is 0 Å². The predicted molar refractivity (Wildman–Crippen MR) is 92.8 cm³/mol. The molecule has 1 aromatic heterocycles. The Morgan fingerprint density at radius 2 is 1.67 bits per heavy atom. The van der Waals surface area contributed by atoms with Gasteiger partial charge in [0, 0.05) is 11.9 Å². The Kier molecular flexibility index (Phi) is 4.44. The summed E-state index contributed by atoms with van der Waals surface area (Å²) in [4.78, 5) is 12.8. The van der Waals surface area contributed by atoms with Crippen molar-refractivity contribution >= 4 is 5.91 Å². The van der Waals surface area contributed by atoms with E-state index in [1.807, 2.05) is 67.6 Å². The van der Waals surface area contributed by atoms with Gasteiger partial charge in [-0.1, -0.05) is 48.5 Å². The lowest BCUT2D eigenvalue weighted by atomic mass is 10.1. The summed E-state index contributed by atoms with van der Waals surface area (Å²) >= 11 is 0. The van der Waals surface area contributed by atoms with E-state index >= 15 is 0 Å². The van der Waals surface area contributed by atoms with Crippen molar-refractivity contribution in [2.24, 2.45) is 0 Å². The van der Waals surface area contributed by atoms with Crippen LogP contribution in [0.5, 0.6) is 0 Å². The normalized spacial score (nSPS) is 11.5. The molecule has 118 valence electrons. The average molecular weight is 315 g/mol. The molecule has 0 aliphatic carbocycles. The van der Waals surface area contributed by atoms with E-state index in [-0.39, 0.29) is 11.9 Å². The highest BCUT2D eigenvalue weighted by molar-refractivity contribution is 5.96. The molecule has 0 fully saturated rings. The third-order valence-electron chi connectivity index (χ3n) is 3.90. The number of para-hydroxylation sites is 1. The molecule has 2 aromatic carbocycles. The lowest BCUT2D eigenvalue weighted by molar-refractivity contribution is 0.0933. The maximum absolute atomic E-state index is 12.8. The number of rotatable bonds is 4. The Labute approximate surface area is 141 Å². The second-order valence-corrected chi connectivity index (χ2v) is 5.50. The first-order valence-corrected chi connectivity index (χ1v) is 7.73. The SMILES string of the molecule is C[C@H](NC(=O)c1c(C#N)ccn1-c1ccccc1)c1ccccc1. The number of hydrogen-bond donors (Lipinski definition) is 1. The Balaban J connectivity index is 1.93. The van der Waals surface area contributed by atoms with Gasteiger partial charge < -0.3 is 9.88 Å². The summed E-state index contributed by atoms with van der Waals surface area (Å²) < 4.78 is 1.74. The molecule has 4 nitrogen and oxygen atoms in total. The number of aromatic nitrogens is 1. The maximum atomic E-state index is 12.8. The van der Waals surface area contributed by atoms with Crippen LogP contribution in [0.25, 0.3) is 5.69 Å². The second-order valence-electron chi connectivity index (χ2n) is 5.50. The monoisotopic (exact) mass is 315 g/mol. The van der Waals surface area contributed by atoms with E-state index in [1.165, 1.54) is 0 Å². The molecule has 0 saturated heterocycles. The standard InChI is InChI=1S/C20H17N3O/c1-15(16-8-4-2-5-9-16)22-20(24)19-17(14-21)12-13-23(19)18-10-6-3-7-11-18/h2-13,15H,1H3,(H,22,24)/t15-/m0/s1. The highest BCUT2D eigenvalue weighted by Gasteiger charge is 2.20. The van der Waals surface area contributed by atoms with Crippen molar-refractivity contribution in [1.29, 1.82) is 5.26 Å². The van der Waals surface area contributed by atoms with Crippen LogP contribution in [0.15, 0.2) is 72.9 Å². The van der Waals surface area contributed by atoms with Crippen LogP contribution >= 0.6 is 0 Å². The zero-order chi connectivity index (χ0) is 16.9. The van der Waals surface area contributed by atoms with Crippen LogP contribution in [0, 0.1) is 11.3 Å². The van der Waals surface area contributed by atoms with Crippen LogP contribution in [0.1, 0.15) is 34.6 Å². The van der Waals surface area contributed by atoms with Crippen LogP contribution in [0.2, 0.25) is 0 Å². The molecule has 0 bridgehead atoms. The van der Waals surface area contributed by atoms with Crippen LogP contribution in [0.4, 0.5) is 0 Å². The summed E-state index contributed by atoms with van der Waals surface area (Å²) in [5, 5.41) is 12.3. The Morgan fingerprint density at radius 1 is 1.04 bits per heavy atom. The first kappa shape index (κ1) is 15.6. The fraction of sp³-hybridized carbons (Fsp3) is 0.100. The molecule has 3 aromatic rings. The topological polar surface area (TPSA) is 57.8 Å². The quantitative estimate of drug-likeness (QED) is 0.795. The summed E-state index contributed by atoms with van der Waals surface area (Å²) in [5.41, 5.74) is 2.57.